The van der Waals surface area contributed by atoms with Gasteiger partial charge in [0.15, 0.2) is 0 Å². The summed E-state index contributed by atoms with van der Waals surface area (Å²) < 4.78 is 0. The molecule has 4 aromatic rings. The SMILES string of the molecule is CC#Cc1c(-c2ccsc2)ccc2c(C#CSI)c(-c3ccsc3)ccc12. The topological polar surface area (TPSA) is 0 Å². The summed E-state index contributed by atoms with van der Waals surface area (Å²) in [6.45, 7) is 1.89. The van der Waals surface area contributed by atoms with Crippen LogP contribution < -0.4 is 0 Å². The molecule has 4 heteroatoms. The van der Waals surface area contributed by atoms with Crippen molar-refractivity contribution >= 4 is 63.6 Å². The summed E-state index contributed by atoms with van der Waals surface area (Å²) in [5.41, 5.74) is 6.96. The van der Waals surface area contributed by atoms with Gasteiger partial charge < -0.3 is 0 Å². The van der Waals surface area contributed by atoms with Gasteiger partial charge in [0.1, 0.15) is 0 Å². The molecule has 0 aliphatic rings. The summed E-state index contributed by atoms with van der Waals surface area (Å²) in [4.78, 5) is 0. The van der Waals surface area contributed by atoms with Crippen LogP contribution in [0.1, 0.15) is 18.1 Å². The Kier molecular flexibility index (Phi) is 5.90. The van der Waals surface area contributed by atoms with Crippen molar-refractivity contribution in [2.45, 2.75) is 6.92 Å². The second kappa shape index (κ2) is 8.54. The van der Waals surface area contributed by atoms with Crippen LogP contribution in [0.3, 0.4) is 0 Å². The molecule has 0 aliphatic carbocycles. The average molecular weight is 512 g/mol. The number of thiophene rings is 2. The van der Waals surface area contributed by atoms with E-state index in [1.54, 1.807) is 22.7 Å². The van der Waals surface area contributed by atoms with Gasteiger partial charge in [-0.15, -0.1) is 5.92 Å². The molecular formula is C23H13IS3. The maximum absolute atomic E-state index is 3.38. The van der Waals surface area contributed by atoms with Crippen molar-refractivity contribution in [2.75, 3.05) is 0 Å². The summed E-state index contributed by atoms with van der Waals surface area (Å²) in [5, 5.41) is 14.1. The highest BCUT2D eigenvalue weighted by Gasteiger charge is 2.14. The quantitative estimate of drug-likeness (QED) is 0.193. The van der Waals surface area contributed by atoms with Gasteiger partial charge in [-0.25, -0.2) is 0 Å². The first-order chi connectivity index (χ1) is 13.3. The number of halogens is 1. The van der Waals surface area contributed by atoms with Gasteiger partial charge in [-0.2, -0.15) is 22.7 Å². The Bertz CT molecular complexity index is 1210. The van der Waals surface area contributed by atoms with E-state index < -0.39 is 0 Å². The normalized spacial score (nSPS) is 10.1. The zero-order chi connectivity index (χ0) is 18.6. The van der Waals surface area contributed by atoms with Crippen LogP contribution >= 0.6 is 52.8 Å². The van der Waals surface area contributed by atoms with Crippen molar-refractivity contribution in [2.24, 2.45) is 0 Å². The van der Waals surface area contributed by atoms with Gasteiger partial charge in [-0.05, 0) is 87.8 Å². The molecule has 0 spiro atoms. The molecule has 2 aromatic carbocycles. The first-order valence-electron chi connectivity index (χ1n) is 8.19. The first kappa shape index (κ1) is 18.7. The lowest BCUT2D eigenvalue weighted by molar-refractivity contribution is 1.63. The molecule has 0 N–H and O–H groups in total. The number of benzene rings is 2. The van der Waals surface area contributed by atoms with E-state index in [1.807, 2.05) is 6.92 Å². The van der Waals surface area contributed by atoms with Crippen LogP contribution in [0, 0.1) is 23.0 Å². The Morgan fingerprint density at radius 1 is 0.778 bits per heavy atom. The minimum Gasteiger partial charge on any atom is -0.152 e. The van der Waals surface area contributed by atoms with Crippen molar-refractivity contribution in [3.8, 4) is 45.3 Å². The molecule has 4 rings (SSSR count). The maximum atomic E-state index is 3.38. The minimum atomic E-state index is 1.08. The van der Waals surface area contributed by atoms with Gasteiger partial charge in [0.05, 0.1) is 0 Å². The summed E-state index contributed by atoms with van der Waals surface area (Å²) >= 11 is 5.64. The highest BCUT2D eigenvalue weighted by Crippen LogP contribution is 2.36. The molecule has 0 unspecified atom stereocenters. The van der Waals surface area contributed by atoms with Crippen LogP contribution in [0.25, 0.3) is 33.0 Å². The average Bonchev–Trinajstić information content (AvgIpc) is 3.40. The third-order valence-corrected chi connectivity index (χ3v) is 6.54. The van der Waals surface area contributed by atoms with E-state index in [9.17, 15) is 0 Å². The Balaban J connectivity index is 2.07. The number of fused-ring (bicyclic) bond motifs is 1. The molecule has 2 heterocycles. The van der Waals surface area contributed by atoms with Crippen LogP contribution in [0.5, 0.6) is 0 Å². The van der Waals surface area contributed by atoms with Crippen LogP contribution in [-0.4, -0.2) is 0 Å². The Hall–Kier alpha value is -1.70. The van der Waals surface area contributed by atoms with Crippen LogP contribution in [-0.2, 0) is 0 Å². The molecule has 0 saturated carbocycles. The van der Waals surface area contributed by atoms with Crippen molar-refractivity contribution < 1.29 is 0 Å². The summed E-state index contributed by atoms with van der Waals surface area (Å²) in [6, 6.07) is 13.1. The largest absolute Gasteiger partial charge is 0.152 e. The zero-order valence-corrected chi connectivity index (χ0v) is 19.0. The first-order valence-corrected chi connectivity index (χ1v) is 13.4. The lowest BCUT2D eigenvalue weighted by Crippen LogP contribution is -1.91. The van der Waals surface area contributed by atoms with Crippen molar-refractivity contribution in [1.29, 1.82) is 0 Å². The lowest BCUT2D eigenvalue weighted by atomic mass is 9.90. The third-order valence-electron chi connectivity index (χ3n) is 4.33. The van der Waals surface area contributed by atoms with Gasteiger partial charge in [-0.1, -0.05) is 36.1 Å². The van der Waals surface area contributed by atoms with Gasteiger partial charge in [0, 0.05) is 32.3 Å². The van der Waals surface area contributed by atoms with E-state index in [1.165, 1.54) is 31.2 Å². The van der Waals surface area contributed by atoms with E-state index in [0.717, 1.165) is 21.9 Å². The highest BCUT2D eigenvalue weighted by atomic mass is 127. The maximum Gasteiger partial charge on any atom is 0.0412 e. The summed E-state index contributed by atoms with van der Waals surface area (Å²) in [7, 11) is 1.51. The van der Waals surface area contributed by atoms with Crippen molar-refractivity contribution in [1.82, 2.24) is 0 Å². The molecule has 0 bridgehead atoms. The molecule has 0 aliphatic heterocycles. The van der Waals surface area contributed by atoms with Gasteiger partial charge in [0.2, 0.25) is 0 Å². The third kappa shape index (κ3) is 3.68. The van der Waals surface area contributed by atoms with Gasteiger partial charge >= 0.3 is 0 Å². The fourth-order valence-corrected chi connectivity index (χ4v) is 4.97. The highest BCUT2D eigenvalue weighted by molar-refractivity contribution is 14.2. The minimum absolute atomic E-state index is 1.08. The molecular weight excluding hydrogens is 499 g/mol. The number of hydrogen-bond acceptors (Lipinski definition) is 3. The van der Waals surface area contributed by atoms with E-state index in [2.05, 4.69) is 102 Å². The smallest absolute Gasteiger partial charge is 0.0412 e. The fourth-order valence-electron chi connectivity index (χ4n) is 3.19. The van der Waals surface area contributed by atoms with Crippen LogP contribution in [0.15, 0.2) is 57.9 Å². The Labute approximate surface area is 183 Å². The second-order valence-corrected chi connectivity index (χ2v) is 9.01. The zero-order valence-electron chi connectivity index (χ0n) is 14.4. The van der Waals surface area contributed by atoms with E-state index >= 15 is 0 Å². The molecule has 130 valence electrons. The number of rotatable bonds is 2. The molecule has 0 fully saturated rings. The summed E-state index contributed by atoms with van der Waals surface area (Å²) in [5.74, 6) is 9.83. The molecule has 0 amide bonds. The molecule has 0 radical (unpaired) electrons. The predicted octanol–water partition coefficient (Wildman–Crippen LogP) is 8.06. The monoisotopic (exact) mass is 512 g/mol. The van der Waals surface area contributed by atoms with Crippen molar-refractivity contribution in [3.63, 3.8) is 0 Å². The number of hydrogen-bond donors (Lipinski definition) is 0. The van der Waals surface area contributed by atoms with E-state index in [4.69, 9.17) is 0 Å². The predicted molar refractivity (Wildman–Crippen MR) is 132 cm³/mol. The van der Waals surface area contributed by atoms with Gasteiger partial charge in [-0.3, -0.25) is 0 Å². The van der Waals surface area contributed by atoms with E-state index in [-0.39, 0.29) is 0 Å². The van der Waals surface area contributed by atoms with Crippen LogP contribution in [0.2, 0.25) is 0 Å². The molecule has 0 saturated heterocycles. The Morgan fingerprint density at radius 2 is 1.33 bits per heavy atom. The second-order valence-electron chi connectivity index (χ2n) is 5.77. The molecule has 0 atom stereocenters. The Morgan fingerprint density at radius 3 is 1.78 bits per heavy atom. The lowest BCUT2D eigenvalue weighted by Gasteiger charge is -2.12. The summed E-state index contributed by atoms with van der Waals surface area (Å²) in [6.07, 6.45) is 0. The fraction of sp³-hybridized carbons (Fsp3) is 0.0435. The van der Waals surface area contributed by atoms with Crippen molar-refractivity contribution in [3.05, 3.63) is 69.0 Å². The standard InChI is InChI=1S/C23H13IS3/c1-2-3-20-18(16-8-11-25-14-16)4-7-22-21(20)6-5-19(17-9-12-26-15-17)23(22)10-13-27-24/h4-9,11-12,14-15H,1H3. The van der Waals surface area contributed by atoms with E-state index in [0.29, 0.717) is 0 Å². The van der Waals surface area contributed by atoms with Gasteiger partial charge in [0.25, 0.3) is 0 Å². The molecule has 0 nitrogen and oxygen atoms in total. The molecule has 27 heavy (non-hydrogen) atoms. The van der Waals surface area contributed by atoms with Crippen LogP contribution in [0.4, 0.5) is 0 Å². The molecule has 2 aromatic heterocycles.